The lowest BCUT2D eigenvalue weighted by atomic mass is 10.0. The van der Waals surface area contributed by atoms with Gasteiger partial charge in [0.2, 0.25) is 39.3 Å². The maximum absolute atomic E-state index is 12.4. The summed E-state index contributed by atoms with van der Waals surface area (Å²) in [5.41, 5.74) is 3.61. The molecule has 0 fully saturated rings. The van der Waals surface area contributed by atoms with Crippen molar-refractivity contribution in [2.75, 3.05) is 21.3 Å². The molecule has 28 nitrogen and oxygen atoms in total. The number of benzene rings is 7. The van der Waals surface area contributed by atoms with E-state index in [1.54, 1.807) is 95.5 Å². The Morgan fingerprint density at radius 1 is 0.409 bits per heavy atom. The number of aliphatic hydroxyl groups excluding tert-OH is 1. The Hall–Kier alpha value is -7.49. The molecular weight excluding hydrogens is 1430 g/mol. The van der Waals surface area contributed by atoms with Gasteiger partial charge in [-0.15, -0.1) is 0 Å². The number of ketones is 1. The summed E-state index contributed by atoms with van der Waals surface area (Å²) in [7, 11) is 1.10. The Labute approximate surface area is 557 Å². The molecular formula is C55H64Cl4N4O24S6. The number of ether oxygens (including phenoxy) is 2. The van der Waals surface area contributed by atoms with Crippen LogP contribution in [0.4, 0.5) is 0 Å². The number of carboxylic acid groups (broad SMARTS) is 4. The third kappa shape index (κ3) is 37.1. The monoisotopic (exact) mass is 1500 g/mol. The SMILES string of the molecule is CO.COc1ccc(C(=O)c2ccc(C)c(S(N)(=O)=O)c2)cc1.COc1ccccc1.Cc1ccc(C(=O)O)cc1.Cc1ccc(C(=O)O)cc1S(=O)(=O)Cl.Cc1ccc(C(=O)O)cc1S(N)(=O)=O.Cc1ccc(C(=O)O)cc1S(N)(=O)=O.N.O=S(=O)(O)Cl.O=S(Cl)Cl. The van der Waals surface area contributed by atoms with E-state index >= 15 is 0 Å². The fourth-order valence-electron chi connectivity index (χ4n) is 6.28. The third-order valence-electron chi connectivity index (χ3n) is 10.6. The summed E-state index contributed by atoms with van der Waals surface area (Å²) < 4.78 is 133. The number of hydrogen-bond donors (Lipinski definition) is 10. The van der Waals surface area contributed by atoms with Crippen LogP contribution in [0.25, 0.3) is 0 Å². The van der Waals surface area contributed by atoms with Crippen molar-refractivity contribution in [3.05, 3.63) is 213 Å². The van der Waals surface area contributed by atoms with E-state index in [2.05, 4.69) is 32.0 Å². The van der Waals surface area contributed by atoms with E-state index in [-0.39, 0.29) is 53.8 Å². The van der Waals surface area contributed by atoms with Crippen molar-refractivity contribution in [3.63, 3.8) is 0 Å². The second kappa shape index (κ2) is 42.0. The Kier molecular flexibility index (Phi) is 40.5. The van der Waals surface area contributed by atoms with Gasteiger partial charge in [0, 0.05) is 61.0 Å². The average Bonchev–Trinajstić information content (AvgIpc) is 0.858. The Morgan fingerprint density at radius 3 is 0.903 bits per heavy atom. The van der Waals surface area contributed by atoms with Crippen LogP contribution < -0.4 is 31.0 Å². The molecule has 7 aromatic rings. The molecule has 0 aliphatic heterocycles. The van der Waals surface area contributed by atoms with Crippen LogP contribution in [-0.4, -0.2) is 127 Å². The van der Waals surface area contributed by atoms with Gasteiger partial charge in [-0.3, -0.25) is 9.35 Å². The molecule has 0 unspecified atom stereocenters. The molecule has 0 radical (unpaired) electrons. The highest BCUT2D eigenvalue weighted by Crippen LogP contribution is 2.23. The predicted octanol–water partition coefficient (Wildman–Crippen LogP) is 8.41. The second-order valence-electron chi connectivity index (χ2n) is 17.3. The zero-order valence-corrected chi connectivity index (χ0v) is 57.8. The van der Waals surface area contributed by atoms with Gasteiger partial charge in [0.05, 0.1) is 56.1 Å². The van der Waals surface area contributed by atoms with E-state index in [0.717, 1.165) is 36.6 Å². The van der Waals surface area contributed by atoms with Gasteiger partial charge in [-0.1, -0.05) is 66.2 Å². The van der Waals surface area contributed by atoms with Gasteiger partial charge in [0.1, 0.15) is 11.5 Å². The lowest BCUT2D eigenvalue weighted by molar-refractivity contribution is 0.0685. The number of nitrogens with two attached hydrogens (primary N) is 3. The van der Waals surface area contributed by atoms with Crippen LogP contribution in [0.1, 0.15) is 85.2 Å². The number of para-hydroxylation sites is 1. The van der Waals surface area contributed by atoms with Crippen molar-refractivity contribution in [3.8, 4) is 11.5 Å². The molecule has 0 atom stereocenters. The van der Waals surface area contributed by atoms with Gasteiger partial charge in [0.15, 0.2) is 5.78 Å². The summed E-state index contributed by atoms with van der Waals surface area (Å²) in [6.07, 6.45) is 0. The predicted molar refractivity (Wildman–Crippen MR) is 351 cm³/mol. The van der Waals surface area contributed by atoms with Crippen molar-refractivity contribution in [2.24, 2.45) is 15.4 Å². The van der Waals surface area contributed by atoms with Crippen LogP contribution in [0.3, 0.4) is 0 Å². The molecule has 0 aromatic heterocycles. The van der Waals surface area contributed by atoms with Crippen molar-refractivity contribution in [1.29, 1.82) is 0 Å². The quantitative estimate of drug-likeness (QED) is 0.0311. The van der Waals surface area contributed by atoms with E-state index in [0.29, 0.717) is 39.1 Å². The van der Waals surface area contributed by atoms with Gasteiger partial charge in [-0.25, -0.2) is 72.5 Å². The Balaban J connectivity index is -0.00000103. The van der Waals surface area contributed by atoms with E-state index in [9.17, 15) is 57.6 Å². The molecule has 0 saturated heterocycles. The van der Waals surface area contributed by atoms with Gasteiger partial charge < -0.3 is 41.2 Å². The number of rotatable bonds is 12. The van der Waals surface area contributed by atoms with E-state index in [4.69, 9.17) is 78.3 Å². The summed E-state index contributed by atoms with van der Waals surface area (Å²) in [6, 6.07) is 38.8. The molecule has 0 spiro atoms. The third-order valence-corrected chi connectivity index (χ3v) is 15.2. The first-order chi connectivity index (χ1) is 42.1. The minimum absolute atomic E-state index is 0. The maximum atomic E-state index is 12.4. The van der Waals surface area contributed by atoms with E-state index < -0.39 is 81.6 Å². The van der Waals surface area contributed by atoms with Gasteiger partial charge >= 0.3 is 33.2 Å². The minimum atomic E-state index is -4.19. The number of aromatic carboxylic acids is 4. The lowest BCUT2D eigenvalue weighted by Crippen LogP contribution is -2.15. The van der Waals surface area contributed by atoms with Crippen molar-refractivity contribution < 1.29 is 110 Å². The van der Waals surface area contributed by atoms with Crippen LogP contribution in [0.2, 0.25) is 0 Å². The molecule has 0 saturated carbocycles. The van der Waals surface area contributed by atoms with E-state index in [1.165, 1.54) is 49.6 Å². The highest BCUT2D eigenvalue weighted by atomic mass is 36.0. The topological polar surface area (TPSA) is 526 Å². The number of methoxy groups -OCH3 is 2. The number of primary sulfonamides is 3. The highest BCUT2D eigenvalue weighted by Gasteiger charge is 2.19. The Morgan fingerprint density at radius 2 is 0.645 bits per heavy atom. The summed E-state index contributed by atoms with van der Waals surface area (Å²) in [4.78, 5) is 53.8. The lowest BCUT2D eigenvalue weighted by Gasteiger charge is -2.07. The molecule has 0 bridgehead atoms. The Bertz CT molecular complexity index is 4040. The molecule has 0 heterocycles. The number of aliphatic hydroxyl groups is 1. The molecule has 93 heavy (non-hydrogen) atoms. The molecule has 512 valence electrons. The van der Waals surface area contributed by atoms with Crippen LogP contribution in [0.5, 0.6) is 11.5 Å². The molecule has 15 N–H and O–H groups in total. The van der Waals surface area contributed by atoms with Crippen molar-refractivity contribution in [1.82, 2.24) is 6.15 Å². The number of aryl methyl sites for hydroxylation is 5. The fraction of sp³-hybridized carbons (Fsp3) is 0.145. The molecule has 7 rings (SSSR count). The first-order valence-electron chi connectivity index (χ1n) is 24.2. The smallest absolute Gasteiger partial charge is 0.353 e. The summed E-state index contributed by atoms with van der Waals surface area (Å²) in [5, 5.41) is 56.3. The molecule has 0 aliphatic carbocycles. The second-order valence-corrected chi connectivity index (χ2v) is 28.9. The summed E-state index contributed by atoms with van der Waals surface area (Å²) in [6.45, 7) is 8.19. The average molecular weight is 1500 g/mol. The van der Waals surface area contributed by atoms with Crippen molar-refractivity contribution in [2.45, 2.75) is 54.2 Å². The summed E-state index contributed by atoms with van der Waals surface area (Å²) >= 11 is 0. The van der Waals surface area contributed by atoms with E-state index in [1.807, 2.05) is 37.3 Å². The normalized spacial score (nSPS) is 10.4. The standard InChI is InChI=1S/C15H15NO4S.C8H7ClO4S.2C8H9NO4S.C8H8O2.C7H8O.CH4O.Cl2OS.ClHO3S.H3N/c1-10-3-4-12(9-14(10)21(16,18)19)15(17)11-5-7-13(20-2)8-6-11;3*1-5-2-3-6(8(10)11)4-7(5)14(9,12)13;1-6-2-4-7(5-3-6)8(9)10;1-8-7-5-3-2-4-6-7;1-2;1-4(2)3;1-5(2,3)4;/h3-9H,1-2H3,(H2,16,18,19);2-4H,1H3,(H,10,11);2*2-4H,1H3,(H,10,11)(H2,9,12,13);2-5H,1H3,(H,9,10);2-6H,1H3;2H,1H3;;(H,2,3,4);1H3. The molecule has 0 amide bonds. The zero-order chi connectivity index (χ0) is 71.9. The maximum Gasteiger partial charge on any atom is 0.353 e. The van der Waals surface area contributed by atoms with Crippen LogP contribution in [0.15, 0.2) is 171 Å². The minimum Gasteiger partial charge on any atom is -0.497 e. The largest absolute Gasteiger partial charge is 0.497 e. The zero-order valence-electron chi connectivity index (χ0n) is 49.9. The number of carbonyl (C=O) groups is 5. The summed E-state index contributed by atoms with van der Waals surface area (Å²) in [5.74, 6) is -3.16. The number of hydrogen-bond acceptors (Lipinski definition) is 20. The number of sulfonamides is 3. The number of carboxylic acids is 4. The molecule has 38 heteroatoms. The highest BCUT2D eigenvalue weighted by molar-refractivity contribution is 8.26. The van der Waals surface area contributed by atoms with Crippen LogP contribution in [0, 0.1) is 34.6 Å². The molecule has 0 aliphatic rings. The van der Waals surface area contributed by atoms with Crippen molar-refractivity contribution >= 4 is 130 Å². The van der Waals surface area contributed by atoms with Gasteiger partial charge in [0.25, 0.3) is 9.05 Å². The number of carbonyl (C=O) groups excluding carboxylic acids is 1. The van der Waals surface area contributed by atoms with Crippen LogP contribution in [-0.2, 0) is 57.7 Å². The first-order valence-corrected chi connectivity index (χ1v) is 36.3. The fourth-order valence-corrected chi connectivity index (χ4v) is 9.93. The van der Waals surface area contributed by atoms with Crippen LogP contribution >= 0.6 is 42.7 Å². The molecule has 7 aromatic carbocycles. The van der Waals surface area contributed by atoms with Gasteiger partial charge in [-0.2, -0.15) is 8.42 Å². The first kappa shape index (κ1) is 89.7. The van der Waals surface area contributed by atoms with Gasteiger partial charge in [-0.05, 0) is 148 Å². The number of halogens is 4.